The number of aromatic hydroxyl groups is 1. The van der Waals surface area contributed by atoms with Crippen molar-refractivity contribution < 1.29 is 10.2 Å². The monoisotopic (exact) mass is 178 g/mol. The third-order valence-electron chi connectivity index (χ3n) is 3.16. The summed E-state index contributed by atoms with van der Waals surface area (Å²) >= 11 is 0. The van der Waals surface area contributed by atoms with E-state index < -0.39 is 0 Å². The van der Waals surface area contributed by atoms with E-state index in [2.05, 4.69) is 6.92 Å². The Balaban J connectivity index is 2.23. The van der Waals surface area contributed by atoms with Crippen LogP contribution in [0.15, 0.2) is 24.3 Å². The molecule has 1 aromatic rings. The van der Waals surface area contributed by atoms with E-state index in [9.17, 15) is 0 Å². The first-order valence-electron chi connectivity index (χ1n) is 4.57. The normalized spacial score (nSPS) is 31.7. The van der Waals surface area contributed by atoms with E-state index >= 15 is 0 Å². The molecule has 0 radical (unpaired) electrons. The Hall–Kier alpha value is -1.02. The van der Waals surface area contributed by atoms with Crippen LogP contribution in [0.1, 0.15) is 18.9 Å². The largest absolute Gasteiger partial charge is 0.508 e. The van der Waals surface area contributed by atoms with Gasteiger partial charge in [0.2, 0.25) is 0 Å². The maximum Gasteiger partial charge on any atom is 0.115 e. The molecule has 2 rings (SSSR count). The van der Waals surface area contributed by atoms with E-state index in [4.69, 9.17) is 10.2 Å². The smallest absolute Gasteiger partial charge is 0.115 e. The van der Waals surface area contributed by atoms with Crippen molar-refractivity contribution in [2.75, 3.05) is 6.61 Å². The van der Waals surface area contributed by atoms with Gasteiger partial charge < -0.3 is 10.2 Å². The van der Waals surface area contributed by atoms with E-state index in [0.717, 1.165) is 6.42 Å². The molecule has 2 heteroatoms. The van der Waals surface area contributed by atoms with Gasteiger partial charge in [0.25, 0.3) is 0 Å². The quantitative estimate of drug-likeness (QED) is 0.723. The molecule has 0 bridgehead atoms. The summed E-state index contributed by atoms with van der Waals surface area (Å²) in [5.74, 6) is 0.700. The highest BCUT2D eigenvalue weighted by Gasteiger charge is 2.50. The van der Waals surface area contributed by atoms with Gasteiger partial charge in [0.15, 0.2) is 0 Å². The van der Waals surface area contributed by atoms with Crippen LogP contribution >= 0.6 is 0 Å². The number of phenolic OH excluding ortho intramolecular Hbond substituents is 1. The standard InChI is InChI=1S/C11H14O2/c1-11(6-9(11)7-12)8-2-4-10(13)5-3-8/h2-5,9,12-13H,6-7H2,1H3. The zero-order chi connectivity index (χ0) is 9.47. The van der Waals surface area contributed by atoms with E-state index in [-0.39, 0.29) is 12.0 Å². The van der Waals surface area contributed by atoms with Gasteiger partial charge in [0.1, 0.15) is 5.75 Å². The lowest BCUT2D eigenvalue weighted by Crippen LogP contribution is -2.06. The predicted octanol–water partition coefficient (Wildman–Crippen LogP) is 1.66. The first-order chi connectivity index (χ1) is 6.16. The molecule has 0 amide bonds. The van der Waals surface area contributed by atoms with Crippen molar-refractivity contribution in [2.24, 2.45) is 5.92 Å². The number of benzene rings is 1. The van der Waals surface area contributed by atoms with E-state index in [0.29, 0.717) is 11.7 Å². The molecular weight excluding hydrogens is 164 g/mol. The maximum atomic E-state index is 9.12. The minimum atomic E-state index is 0.141. The Morgan fingerprint density at radius 1 is 1.38 bits per heavy atom. The van der Waals surface area contributed by atoms with Gasteiger partial charge in [-0.05, 0) is 35.4 Å². The van der Waals surface area contributed by atoms with Crippen molar-refractivity contribution in [3.8, 4) is 5.75 Å². The molecule has 1 aromatic carbocycles. The molecule has 1 saturated carbocycles. The molecule has 0 spiro atoms. The van der Waals surface area contributed by atoms with Crippen LogP contribution in [0.2, 0.25) is 0 Å². The fourth-order valence-electron chi connectivity index (χ4n) is 1.91. The summed E-state index contributed by atoms with van der Waals surface area (Å²) in [5, 5.41) is 18.1. The van der Waals surface area contributed by atoms with Crippen LogP contribution in [0.3, 0.4) is 0 Å². The third kappa shape index (κ3) is 1.31. The van der Waals surface area contributed by atoms with E-state index in [1.807, 2.05) is 12.1 Å². The van der Waals surface area contributed by atoms with Gasteiger partial charge in [-0.2, -0.15) is 0 Å². The van der Waals surface area contributed by atoms with Crippen molar-refractivity contribution in [3.05, 3.63) is 29.8 Å². The van der Waals surface area contributed by atoms with Crippen LogP contribution in [0, 0.1) is 5.92 Å². The van der Waals surface area contributed by atoms with Gasteiger partial charge in [0.05, 0.1) is 0 Å². The Bertz CT molecular complexity index is 304. The second-order valence-electron chi connectivity index (χ2n) is 4.05. The topological polar surface area (TPSA) is 40.5 Å². The average molecular weight is 178 g/mol. The molecule has 2 unspecified atom stereocenters. The lowest BCUT2D eigenvalue weighted by Gasteiger charge is -2.10. The summed E-state index contributed by atoms with van der Waals surface area (Å²) < 4.78 is 0. The van der Waals surface area contributed by atoms with Crippen LogP contribution in [0.4, 0.5) is 0 Å². The second kappa shape index (κ2) is 2.74. The molecule has 70 valence electrons. The van der Waals surface area contributed by atoms with Gasteiger partial charge in [-0.3, -0.25) is 0 Å². The first-order valence-corrected chi connectivity index (χ1v) is 4.57. The zero-order valence-electron chi connectivity index (χ0n) is 7.70. The Morgan fingerprint density at radius 2 is 2.00 bits per heavy atom. The lowest BCUT2D eigenvalue weighted by atomic mass is 9.96. The van der Waals surface area contributed by atoms with Crippen LogP contribution in [-0.4, -0.2) is 16.8 Å². The molecule has 0 aliphatic heterocycles. The molecule has 2 N–H and O–H groups in total. The lowest BCUT2D eigenvalue weighted by molar-refractivity contribution is 0.265. The van der Waals surface area contributed by atoms with Crippen LogP contribution < -0.4 is 0 Å². The second-order valence-corrected chi connectivity index (χ2v) is 4.05. The molecular formula is C11H14O2. The summed E-state index contributed by atoms with van der Waals surface area (Å²) in [4.78, 5) is 0. The molecule has 0 aromatic heterocycles. The summed E-state index contributed by atoms with van der Waals surface area (Å²) in [5.41, 5.74) is 1.35. The molecule has 0 heterocycles. The van der Waals surface area contributed by atoms with Crippen LogP contribution in [0.25, 0.3) is 0 Å². The summed E-state index contributed by atoms with van der Waals surface area (Å²) in [6.07, 6.45) is 1.05. The molecule has 2 nitrogen and oxygen atoms in total. The zero-order valence-corrected chi connectivity index (χ0v) is 7.70. The predicted molar refractivity (Wildman–Crippen MR) is 50.7 cm³/mol. The summed E-state index contributed by atoms with van der Waals surface area (Å²) in [6, 6.07) is 7.27. The van der Waals surface area contributed by atoms with Crippen molar-refractivity contribution in [3.63, 3.8) is 0 Å². The van der Waals surface area contributed by atoms with E-state index in [1.54, 1.807) is 12.1 Å². The first kappa shape index (κ1) is 8.57. The number of hydrogen-bond donors (Lipinski definition) is 2. The van der Waals surface area contributed by atoms with E-state index in [1.165, 1.54) is 5.56 Å². The van der Waals surface area contributed by atoms with Gasteiger partial charge in [0, 0.05) is 6.61 Å². The van der Waals surface area contributed by atoms with Crippen molar-refractivity contribution in [1.82, 2.24) is 0 Å². The third-order valence-corrected chi connectivity index (χ3v) is 3.16. The van der Waals surface area contributed by atoms with Crippen molar-refractivity contribution in [2.45, 2.75) is 18.8 Å². The minimum Gasteiger partial charge on any atom is -0.508 e. The van der Waals surface area contributed by atoms with Gasteiger partial charge in [-0.25, -0.2) is 0 Å². The van der Waals surface area contributed by atoms with Crippen LogP contribution in [0.5, 0.6) is 5.75 Å². The molecule has 1 fully saturated rings. The highest BCUT2D eigenvalue weighted by molar-refractivity contribution is 5.36. The highest BCUT2D eigenvalue weighted by Crippen LogP contribution is 2.53. The fraction of sp³-hybridized carbons (Fsp3) is 0.455. The SMILES string of the molecule is CC1(c2ccc(O)cc2)CC1CO. The maximum absolute atomic E-state index is 9.12. The van der Waals surface area contributed by atoms with Gasteiger partial charge in [-0.1, -0.05) is 19.1 Å². The Kier molecular flexibility index (Phi) is 1.81. The molecule has 1 aliphatic carbocycles. The number of aliphatic hydroxyl groups excluding tert-OH is 1. The van der Waals surface area contributed by atoms with Crippen molar-refractivity contribution >= 4 is 0 Å². The molecule has 2 atom stereocenters. The highest BCUT2D eigenvalue weighted by atomic mass is 16.3. The minimum absolute atomic E-state index is 0.141. The summed E-state index contributed by atoms with van der Waals surface area (Å²) in [6.45, 7) is 2.41. The summed E-state index contributed by atoms with van der Waals surface area (Å²) in [7, 11) is 0. The number of rotatable bonds is 2. The Labute approximate surface area is 77.8 Å². The number of aliphatic hydroxyl groups is 1. The van der Waals surface area contributed by atoms with Crippen LogP contribution in [-0.2, 0) is 5.41 Å². The molecule has 1 aliphatic rings. The fourth-order valence-corrected chi connectivity index (χ4v) is 1.91. The van der Waals surface area contributed by atoms with Crippen molar-refractivity contribution in [1.29, 1.82) is 0 Å². The Morgan fingerprint density at radius 3 is 2.46 bits per heavy atom. The molecule has 0 saturated heterocycles. The van der Waals surface area contributed by atoms with Gasteiger partial charge >= 0.3 is 0 Å². The number of hydrogen-bond acceptors (Lipinski definition) is 2. The molecule has 13 heavy (non-hydrogen) atoms. The average Bonchev–Trinajstić information content (AvgIpc) is 2.80. The van der Waals surface area contributed by atoms with Gasteiger partial charge in [-0.15, -0.1) is 0 Å². The number of phenols is 1.